The molecule has 0 bridgehead atoms. The topological polar surface area (TPSA) is 52.6 Å². The van der Waals surface area contributed by atoms with E-state index in [0.29, 0.717) is 0 Å². The fourth-order valence-electron chi connectivity index (χ4n) is 0.853. The Labute approximate surface area is 70.1 Å². The smallest absolute Gasteiger partial charge is 0.305 e. The number of hydrogen-bond donors (Lipinski definition) is 0. The van der Waals surface area contributed by atoms with Crippen LogP contribution in [0.3, 0.4) is 0 Å². The fraction of sp³-hybridized carbons (Fsp3) is 0.500. The molecule has 0 radical (unpaired) electrons. The van der Waals surface area contributed by atoms with Crippen LogP contribution in [0.2, 0.25) is 0 Å². The quantitative estimate of drug-likeness (QED) is 0.535. The van der Waals surface area contributed by atoms with Gasteiger partial charge in [-0.05, 0) is 19.1 Å². The molecule has 0 amide bonds. The van der Waals surface area contributed by atoms with Crippen LogP contribution >= 0.6 is 0 Å². The summed E-state index contributed by atoms with van der Waals surface area (Å²) in [4.78, 5) is 21.4. The minimum atomic E-state index is -0.713. The van der Waals surface area contributed by atoms with Crippen LogP contribution in [0.1, 0.15) is 13.8 Å². The first-order chi connectivity index (χ1) is 5.59. The lowest BCUT2D eigenvalue weighted by Gasteiger charge is -2.21. The van der Waals surface area contributed by atoms with E-state index in [-0.39, 0.29) is 5.78 Å². The van der Waals surface area contributed by atoms with Gasteiger partial charge in [0.15, 0.2) is 5.78 Å². The fourth-order valence-corrected chi connectivity index (χ4v) is 0.853. The molecule has 0 N–H and O–H groups in total. The normalized spacial score (nSPS) is 28.7. The molecule has 0 aromatic rings. The molecule has 1 heterocycles. The van der Waals surface area contributed by atoms with Gasteiger partial charge in [-0.3, -0.25) is 9.59 Å². The van der Waals surface area contributed by atoms with E-state index >= 15 is 0 Å². The van der Waals surface area contributed by atoms with Crippen LogP contribution < -0.4 is 0 Å². The van der Waals surface area contributed by atoms with Crippen molar-refractivity contribution in [2.45, 2.75) is 26.2 Å². The Balaban J connectivity index is 2.55. The second-order valence-corrected chi connectivity index (χ2v) is 2.52. The summed E-state index contributed by atoms with van der Waals surface area (Å²) in [6.45, 7) is 2.90. The zero-order chi connectivity index (χ0) is 9.14. The standard InChI is InChI=1S/C8H10O4/c1-5-7(10)3-4-8(11-5)12-6(2)9/h3-5,8H,1-2H3. The van der Waals surface area contributed by atoms with Gasteiger partial charge in [0, 0.05) is 6.92 Å². The first-order valence-electron chi connectivity index (χ1n) is 3.64. The number of carbonyl (C=O) groups excluding carboxylic acids is 2. The lowest BCUT2D eigenvalue weighted by Crippen LogP contribution is -2.31. The maximum absolute atomic E-state index is 10.9. The molecule has 0 fully saturated rings. The Morgan fingerprint density at radius 1 is 1.67 bits per heavy atom. The van der Waals surface area contributed by atoms with Crippen LogP contribution in [0.4, 0.5) is 0 Å². The van der Waals surface area contributed by atoms with Gasteiger partial charge in [-0.15, -0.1) is 0 Å². The van der Waals surface area contributed by atoms with Crippen molar-refractivity contribution in [3.05, 3.63) is 12.2 Å². The molecule has 2 unspecified atom stereocenters. The van der Waals surface area contributed by atoms with Crippen LogP contribution in [0.25, 0.3) is 0 Å². The highest BCUT2D eigenvalue weighted by atomic mass is 16.7. The van der Waals surface area contributed by atoms with E-state index in [1.54, 1.807) is 6.92 Å². The molecule has 1 aliphatic heterocycles. The van der Waals surface area contributed by atoms with E-state index < -0.39 is 18.4 Å². The molecule has 4 heteroatoms. The summed E-state index contributed by atoms with van der Waals surface area (Å²) in [6.07, 6.45) is 1.54. The molecule has 0 spiro atoms. The van der Waals surface area contributed by atoms with Crippen LogP contribution in [0.15, 0.2) is 12.2 Å². The molecule has 0 saturated carbocycles. The summed E-state index contributed by atoms with van der Waals surface area (Å²) < 4.78 is 9.74. The van der Waals surface area contributed by atoms with E-state index in [1.807, 2.05) is 0 Å². The summed E-state index contributed by atoms with van der Waals surface area (Å²) in [6, 6.07) is 0. The van der Waals surface area contributed by atoms with Gasteiger partial charge in [0.05, 0.1) is 0 Å². The van der Waals surface area contributed by atoms with Gasteiger partial charge in [0.1, 0.15) is 6.10 Å². The van der Waals surface area contributed by atoms with Crippen LogP contribution in [-0.4, -0.2) is 24.1 Å². The molecular formula is C8H10O4. The second kappa shape index (κ2) is 3.49. The summed E-state index contributed by atoms with van der Waals surface area (Å²) in [5.41, 5.74) is 0. The monoisotopic (exact) mass is 170 g/mol. The highest BCUT2D eigenvalue weighted by molar-refractivity contribution is 5.93. The van der Waals surface area contributed by atoms with Gasteiger partial charge < -0.3 is 9.47 Å². The molecule has 66 valence electrons. The predicted molar refractivity (Wildman–Crippen MR) is 40.2 cm³/mol. The molecule has 1 aliphatic rings. The number of ketones is 1. The minimum absolute atomic E-state index is 0.113. The maximum Gasteiger partial charge on any atom is 0.305 e. The zero-order valence-electron chi connectivity index (χ0n) is 6.94. The number of ether oxygens (including phenoxy) is 2. The van der Waals surface area contributed by atoms with Crippen LogP contribution in [0, 0.1) is 0 Å². The van der Waals surface area contributed by atoms with Crippen molar-refractivity contribution >= 4 is 11.8 Å². The molecule has 0 saturated heterocycles. The van der Waals surface area contributed by atoms with E-state index in [2.05, 4.69) is 0 Å². The van der Waals surface area contributed by atoms with Crippen molar-refractivity contribution < 1.29 is 19.1 Å². The molecular weight excluding hydrogens is 160 g/mol. The maximum atomic E-state index is 10.9. The van der Waals surface area contributed by atoms with Crippen LogP contribution in [0.5, 0.6) is 0 Å². The largest absolute Gasteiger partial charge is 0.432 e. The third-order valence-electron chi connectivity index (χ3n) is 1.44. The SMILES string of the molecule is CC(=O)OC1C=CC(=O)C(C)O1. The zero-order valence-corrected chi connectivity index (χ0v) is 6.94. The highest BCUT2D eigenvalue weighted by Crippen LogP contribution is 2.09. The minimum Gasteiger partial charge on any atom is -0.432 e. The number of esters is 1. The third kappa shape index (κ3) is 2.17. The van der Waals surface area contributed by atoms with Gasteiger partial charge in [0.25, 0.3) is 0 Å². The molecule has 0 aromatic heterocycles. The number of carbonyl (C=O) groups is 2. The lowest BCUT2D eigenvalue weighted by molar-refractivity contribution is -0.178. The van der Waals surface area contributed by atoms with Crippen molar-refractivity contribution in [3.8, 4) is 0 Å². The molecule has 12 heavy (non-hydrogen) atoms. The molecule has 4 nitrogen and oxygen atoms in total. The Hall–Kier alpha value is -1.16. The van der Waals surface area contributed by atoms with Crippen molar-refractivity contribution in [1.82, 2.24) is 0 Å². The molecule has 0 aliphatic carbocycles. The third-order valence-corrected chi connectivity index (χ3v) is 1.44. The van der Waals surface area contributed by atoms with E-state index in [9.17, 15) is 9.59 Å². The molecule has 2 atom stereocenters. The Kier molecular flexibility index (Phi) is 2.60. The Morgan fingerprint density at radius 3 is 2.83 bits per heavy atom. The van der Waals surface area contributed by atoms with Crippen LogP contribution in [-0.2, 0) is 19.1 Å². The van der Waals surface area contributed by atoms with Gasteiger partial charge in [0.2, 0.25) is 6.29 Å². The first-order valence-corrected chi connectivity index (χ1v) is 3.64. The molecule has 1 rings (SSSR count). The highest BCUT2D eigenvalue weighted by Gasteiger charge is 2.22. The summed E-state index contributed by atoms with van der Waals surface area (Å²) in [5, 5.41) is 0. The van der Waals surface area contributed by atoms with E-state index in [4.69, 9.17) is 9.47 Å². The average molecular weight is 170 g/mol. The van der Waals surface area contributed by atoms with E-state index in [1.165, 1.54) is 19.1 Å². The first kappa shape index (κ1) is 8.93. The predicted octanol–water partition coefficient (Wildman–Crippen LogP) is 0.420. The van der Waals surface area contributed by atoms with Crippen molar-refractivity contribution in [3.63, 3.8) is 0 Å². The second-order valence-electron chi connectivity index (χ2n) is 2.52. The number of hydrogen-bond acceptors (Lipinski definition) is 4. The summed E-state index contributed by atoms with van der Waals surface area (Å²) >= 11 is 0. The Bertz CT molecular complexity index is 231. The average Bonchev–Trinajstić information content (AvgIpc) is 1.96. The van der Waals surface area contributed by atoms with Crippen molar-refractivity contribution in [2.75, 3.05) is 0 Å². The van der Waals surface area contributed by atoms with Gasteiger partial charge in [-0.2, -0.15) is 0 Å². The van der Waals surface area contributed by atoms with Crippen molar-refractivity contribution in [1.29, 1.82) is 0 Å². The van der Waals surface area contributed by atoms with Gasteiger partial charge in [-0.1, -0.05) is 0 Å². The van der Waals surface area contributed by atoms with Gasteiger partial charge >= 0.3 is 5.97 Å². The molecule has 0 aromatic carbocycles. The summed E-state index contributed by atoms with van der Waals surface area (Å²) in [5.74, 6) is -0.537. The van der Waals surface area contributed by atoms with Crippen molar-refractivity contribution in [2.24, 2.45) is 0 Å². The summed E-state index contributed by atoms with van der Waals surface area (Å²) in [7, 11) is 0. The van der Waals surface area contributed by atoms with Gasteiger partial charge in [-0.25, -0.2) is 0 Å². The number of rotatable bonds is 1. The van der Waals surface area contributed by atoms with E-state index in [0.717, 1.165) is 0 Å². The Morgan fingerprint density at radius 2 is 2.33 bits per heavy atom. The lowest BCUT2D eigenvalue weighted by atomic mass is 10.2.